The molecular formula is C18H25IN6O2. The summed E-state index contributed by atoms with van der Waals surface area (Å²) in [5.74, 6) is 0.895. The number of rotatable bonds is 5. The van der Waals surface area contributed by atoms with Crippen LogP contribution in [-0.4, -0.2) is 52.6 Å². The fraction of sp³-hybridized carbons (Fsp3) is 0.556. The lowest BCUT2D eigenvalue weighted by molar-refractivity contribution is -0.140. The van der Waals surface area contributed by atoms with Crippen molar-refractivity contribution in [1.82, 2.24) is 25.3 Å². The van der Waals surface area contributed by atoms with Crippen LogP contribution in [0.25, 0.3) is 0 Å². The van der Waals surface area contributed by atoms with Gasteiger partial charge in [-0.1, -0.05) is 12.2 Å². The van der Waals surface area contributed by atoms with Crippen LogP contribution in [0, 0.1) is 23.7 Å². The number of fused-ring (bicyclic) bond motifs is 5. The van der Waals surface area contributed by atoms with Gasteiger partial charge in [-0.2, -0.15) is 5.10 Å². The molecule has 2 heterocycles. The third-order valence-corrected chi connectivity index (χ3v) is 5.63. The van der Waals surface area contributed by atoms with Gasteiger partial charge in [0.05, 0.1) is 18.0 Å². The number of hydrogen-bond acceptors (Lipinski definition) is 4. The van der Waals surface area contributed by atoms with Crippen LogP contribution >= 0.6 is 24.0 Å². The minimum Gasteiger partial charge on any atom is -0.355 e. The fourth-order valence-electron chi connectivity index (χ4n) is 4.44. The number of likely N-dealkylation sites (tertiary alicyclic amines) is 1. The zero-order valence-corrected chi connectivity index (χ0v) is 17.8. The number of guanidine groups is 1. The maximum Gasteiger partial charge on any atom is 0.233 e. The molecule has 3 aliphatic rings. The first-order valence-electron chi connectivity index (χ1n) is 9.04. The average molecular weight is 484 g/mol. The lowest BCUT2D eigenvalue weighted by Crippen LogP contribution is -2.43. The number of allylic oxidation sites excluding steroid dienone is 2. The first kappa shape index (κ1) is 19.8. The largest absolute Gasteiger partial charge is 0.355 e. The van der Waals surface area contributed by atoms with Gasteiger partial charge in [0.1, 0.15) is 0 Å². The fourth-order valence-corrected chi connectivity index (χ4v) is 4.44. The van der Waals surface area contributed by atoms with E-state index in [9.17, 15) is 9.59 Å². The highest BCUT2D eigenvalue weighted by Gasteiger charge is 2.58. The SMILES string of the molecule is CN=C(NCCN1C(=O)C2C3C=CC(C3)C2C1=O)NCc1cnn(C)c1.I. The molecule has 4 unspecified atom stereocenters. The first-order chi connectivity index (χ1) is 12.6. The zero-order valence-electron chi connectivity index (χ0n) is 15.5. The van der Waals surface area contributed by atoms with Crippen LogP contribution < -0.4 is 10.6 Å². The van der Waals surface area contributed by atoms with Crippen molar-refractivity contribution in [2.75, 3.05) is 20.1 Å². The second-order valence-corrected chi connectivity index (χ2v) is 7.20. The number of carbonyl (C=O) groups is 2. The number of nitrogens with zero attached hydrogens (tertiary/aromatic N) is 4. The van der Waals surface area contributed by atoms with Crippen molar-refractivity contribution in [2.45, 2.75) is 13.0 Å². The standard InChI is InChI=1S/C18H24N6O2.HI/c1-19-18(21-8-11-9-22-23(2)10-11)20-5-6-24-16(25)14-12-3-4-13(7-12)15(14)17(24)26;/h3-4,9-10,12-15H,5-8H2,1-2H3,(H2,19,20,21);1H. The lowest BCUT2D eigenvalue weighted by Gasteiger charge is -2.18. The number of halogens is 1. The van der Waals surface area contributed by atoms with Gasteiger partial charge in [-0.05, 0) is 18.3 Å². The van der Waals surface area contributed by atoms with Crippen LogP contribution in [0.3, 0.4) is 0 Å². The molecule has 27 heavy (non-hydrogen) atoms. The third kappa shape index (κ3) is 3.61. The van der Waals surface area contributed by atoms with Crippen LogP contribution in [0.15, 0.2) is 29.5 Å². The molecule has 2 aliphatic carbocycles. The molecule has 0 aromatic carbocycles. The van der Waals surface area contributed by atoms with Crippen molar-refractivity contribution in [1.29, 1.82) is 0 Å². The molecule has 2 amide bonds. The highest BCUT2D eigenvalue weighted by atomic mass is 127. The van der Waals surface area contributed by atoms with Gasteiger partial charge in [-0.3, -0.25) is 24.2 Å². The summed E-state index contributed by atoms with van der Waals surface area (Å²) < 4.78 is 1.75. The topological polar surface area (TPSA) is 91.6 Å². The molecule has 4 atom stereocenters. The molecule has 0 spiro atoms. The van der Waals surface area contributed by atoms with Gasteiger partial charge >= 0.3 is 0 Å². The van der Waals surface area contributed by atoms with E-state index in [0.29, 0.717) is 25.6 Å². The Balaban J connectivity index is 0.00000210. The maximum absolute atomic E-state index is 12.6. The lowest BCUT2D eigenvalue weighted by atomic mass is 9.85. The molecule has 2 bridgehead atoms. The van der Waals surface area contributed by atoms with Crippen LogP contribution in [0.2, 0.25) is 0 Å². The molecule has 8 nitrogen and oxygen atoms in total. The number of nitrogens with one attached hydrogen (secondary N) is 2. The number of amides is 2. The summed E-state index contributed by atoms with van der Waals surface area (Å²) in [6.07, 6.45) is 8.92. The van der Waals surface area contributed by atoms with E-state index in [1.807, 2.05) is 13.2 Å². The summed E-state index contributed by atoms with van der Waals surface area (Å²) in [4.78, 5) is 30.9. The molecule has 2 N–H and O–H groups in total. The Hall–Kier alpha value is -1.91. The van der Waals surface area contributed by atoms with Crippen LogP contribution in [0.1, 0.15) is 12.0 Å². The van der Waals surface area contributed by atoms with E-state index < -0.39 is 0 Å². The van der Waals surface area contributed by atoms with E-state index in [0.717, 1.165) is 12.0 Å². The molecule has 0 radical (unpaired) electrons. The Morgan fingerprint density at radius 3 is 2.44 bits per heavy atom. The molecule has 1 aromatic rings. The summed E-state index contributed by atoms with van der Waals surface area (Å²) >= 11 is 0. The Bertz CT molecular complexity index is 759. The number of imide groups is 1. The smallest absolute Gasteiger partial charge is 0.233 e. The number of hydrogen-bond donors (Lipinski definition) is 2. The Morgan fingerprint density at radius 2 is 1.89 bits per heavy atom. The van der Waals surface area contributed by atoms with E-state index in [1.165, 1.54) is 4.90 Å². The minimum atomic E-state index is -0.125. The molecule has 1 aliphatic heterocycles. The molecule has 4 rings (SSSR count). The predicted molar refractivity (Wildman–Crippen MR) is 111 cm³/mol. The number of aromatic nitrogens is 2. The third-order valence-electron chi connectivity index (χ3n) is 5.63. The average Bonchev–Trinajstić information content (AvgIpc) is 3.38. The van der Waals surface area contributed by atoms with Crippen molar-refractivity contribution >= 4 is 41.8 Å². The molecule has 9 heteroatoms. The van der Waals surface area contributed by atoms with Gasteiger partial charge in [0.15, 0.2) is 5.96 Å². The highest BCUT2D eigenvalue weighted by Crippen LogP contribution is 2.52. The van der Waals surface area contributed by atoms with Gasteiger partial charge in [0, 0.05) is 45.5 Å². The van der Waals surface area contributed by atoms with Gasteiger partial charge in [0.25, 0.3) is 0 Å². The van der Waals surface area contributed by atoms with Crippen molar-refractivity contribution in [2.24, 2.45) is 35.7 Å². The molecule has 1 aromatic heterocycles. The van der Waals surface area contributed by atoms with Crippen LogP contribution in [-0.2, 0) is 23.2 Å². The van der Waals surface area contributed by atoms with Crippen LogP contribution in [0.5, 0.6) is 0 Å². The van der Waals surface area contributed by atoms with Gasteiger partial charge in [-0.25, -0.2) is 0 Å². The quantitative estimate of drug-likeness (QED) is 0.209. The monoisotopic (exact) mass is 484 g/mol. The van der Waals surface area contributed by atoms with E-state index in [-0.39, 0.29) is 59.5 Å². The van der Waals surface area contributed by atoms with Gasteiger partial charge in [-0.15, -0.1) is 24.0 Å². The second-order valence-electron chi connectivity index (χ2n) is 7.20. The number of aryl methyl sites for hydroxylation is 1. The van der Waals surface area contributed by atoms with E-state index in [1.54, 1.807) is 17.9 Å². The molecule has 1 saturated heterocycles. The summed E-state index contributed by atoms with van der Waals surface area (Å²) in [5, 5.41) is 10.5. The summed E-state index contributed by atoms with van der Waals surface area (Å²) in [5.41, 5.74) is 1.05. The minimum absolute atomic E-state index is 0. The molecule has 146 valence electrons. The number of carbonyl (C=O) groups excluding carboxylic acids is 2. The van der Waals surface area contributed by atoms with E-state index >= 15 is 0 Å². The highest BCUT2D eigenvalue weighted by molar-refractivity contribution is 14.0. The van der Waals surface area contributed by atoms with Gasteiger partial charge < -0.3 is 10.6 Å². The first-order valence-corrected chi connectivity index (χ1v) is 9.04. The van der Waals surface area contributed by atoms with Crippen LogP contribution in [0.4, 0.5) is 0 Å². The molecule has 1 saturated carbocycles. The Labute approximate surface area is 175 Å². The normalized spacial score (nSPS) is 28.5. The van der Waals surface area contributed by atoms with Crippen molar-refractivity contribution < 1.29 is 9.59 Å². The van der Waals surface area contributed by atoms with Crippen molar-refractivity contribution in [3.05, 3.63) is 30.1 Å². The van der Waals surface area contributed by atoms with Crippen molar-refractivity contribution in [3.63, 3.8) is 0 Å². The van der Waals surface area contributed by atoms with Gasteiger partial charge in [0.2, 0.25) is 11.8 Å². The summed E-state index contributed by atoms with van der Waals surface area (Å²) in [6.45, 7) is 1.46. The molecular weight excluding hydrogens is 459 g/mol. The predicted octanol–water partition coefficient (Wildman–Crippen LogP) is 0.510. The van der Waals surface area contributed by atoms with E-state index in [2.05, 4.69) is 32.9 Å². The second kappa shape index (κ2) is 7.99. The summed E-state index contributed by atoms with van der Waals surface area (Å²) in [7, 11) is 3.57. The summed E-state index contributed by atoms with van der Waals surface area (Å²) in [6, 6.07) is 0. The molecule has 2 fully saturated rings. The van der Waals surface area contributed by atoms with Crippen molar-refractivity contribution in [3.8, 4) is 0 Å². The zero-order chi connectivity index (χ0) is 18.3. The maximum atomic E-state index is 12.6. The Kier molecular flexibility index (Phi) is 5.87. The Morgan fingerprint density at radius 1 is 1.22 bits per heavy atom. The number of aliphatic imine (C=N–C) groups is 1. The van der Waals surface area contributed by atoms with E-state index in [4.69, 9.17) is 0 Å².